The van der Waals surface area contributed by atoms with Crippen LogP contribution in [0.1, 0.15) is 59.8 Å². The van der Waals surface area contributed by atoms with E-state index in [0.29, 0.717) is 19.3 Å². The number of aliphatic hydroxyl groups is 5. The second-order valence-corrected chi connectivity index (χ2v) is 9.44. The zero-order chi connectivity index (χ0) is 26.8. The first-order valence-corrected chi connectivity index (χ1v) is 11.9. The summed E-state index contributed by atoms with van der Waals surface area (Å²) < 4.78 is 11.3. The first-order chi connectivity index (χ1) is 16.3. The summed E-state index contributed by atoms with van der Waals surface area (Å²) in [6.07, 6.45) is 2.68. The Balaban J connectivity index is 2.57. The van der Waals surface area contributed by atoms with E-state index in [1.807, 2.05) is 19.9 Å². The van der Waals surface area contributed by atoms with Gasteiger partial charge in [0.25, 0.3) is 0 Å². The average molecular weight is 499 g/mol. The maximum absolute atomic E-state index is 10.8. The van der Waals surface area contributed by atoms with E-state index in [0.717, 1.165) is 24.0 Å². The molecule has 200 valence electrons. The summed E-state index contributed by atoms with van der Waals surface area (Å²) in [6.45, 7) is 10.4. The Bertz CT molecular complexity index is 786. The Morgan fingerprint density at radius 3 is 2.29 bits per heavy atom. The van der Waals surface area contributed by atoms with Gasteiger partial charge < -0.3 is 40.1 Å². The first-order valence-electron chi connectivity index (χ1n) is 11.9. The molecule has 9 heteroatoms. The molecule has 0 aromatic carbocycles. The predicted molar refractivity (Wildman–Crippen MR) is 131 cm³/mol. The number of carboxylic acids is 1. The van der Waals surface area contributed by atoms with Crippen molar-refractivity contribution in [1.82, 2.24) is 0 Å². The zero-order valence-corrected chi connectivity index (χ0v) is 21.1. The molecule has 1 fully saturated rings. The van der Waals surface area contributed by atoms with E-state index in [9.17, 15) is 30.3 Å². The maximum Gasteiger partial charge on any atom is 0.331 e. The van der Waals surface area contributed by atoms with Crippen molar-refractivity contribution < 1.29 is 44.9 Å². The summed E-state index contributed by atoms with van der Waals surface area (Å²) in [5, 5.41) is 58.3. The van der Waals surface area contributed by atoms with Crippen LogP contribution in [-0.4, -0.2) is 85.6 Å². The number of carboxylic acid groups (broad SMARTS) is 1. The summed E-state index contributed by atoms with van der Waals surface area (Å²) in [5.41, 5.74) is 1.38. The molecule has 0 aromatic heterocycles. The van der Waals surface area contributed by atoms with Gasteiger partial charge in [0.15, 0.2) is 6.29 Å². The molecule has 1 heterocycles. The number of hydrogen-bond donors (Lipinski definition) is 6. The Morgan fingerprint density at radius 1 is 1.09 bits per heavy atom. The third-order valence-electron chi connectivity index (χ3n) is 6.14. The molecule has 35 heavy (non-hydrogen) atoms. The van der Waals surface area contributed by atoms with E-state index in [4.69, 9.17) is 14.6 Å². The summed E-state index contributed by atoms with van der Waals surface area (Å²) in [5.74, 6) is -1.04. The lowest BCUT2D eigenvalue weighted by molar-refractivity contribution is -0.319. The summed E-state index contributed by atoms with van der Waals surface area (Å²) in [6, 6.07) is 0. The highest BCUT2D eigenvalue weighted by Crippen LogP contribution is 2.29. The Kier molecular flexibility index (Phi) is 13.0. The van der Waals surface area contributed by atoms with E-state index in [1.54, 1.807) is 13.0 Å². The molecular formula is C26H42O9. The molecule has 0 aliphatic carbocycles. The number of aliphatic hydroxyl groups excluding tert-OH is 5. The fourth-order valence-electron chi connectivity index (χ4n) is 3.72. The summed E-state index contributed by atoms with van der Waals surface area (Å²) in [4.78, 5) is 10.8. The van der Waals surface area contributed by atoms with E-state index < -0.39 is 55.0 Å². The van der Waals surface area contributed by atoms with Gasteiger partial charge in [0, 0.05) is 5.57 Å². The van der Waals surface area contributed by atoms with Crippen LogP contribution in [0.3, 0.4) is 0 Å². The van der Waals surface area contributed by atoms with Crippen molar-refractivity contribution in [3.8, 4) is 0 Å². The SMILES string of the molecule is C=C[C@](C)(CC/C=C(\C)CC/C=C(\C)CC(O)/C=C(\C)C(=O)O)OC1OC(CO)C(O)C(O)C1O. The van der Waals surface area contributed by atoms with Crippen LogP contribution >= 0.6 is 0 Å². The largest absolute Gasteiger partial charge is 0.478 e. The standard InChI is InChI=1S/C26H42O9/c1-6-26(5,35-25-23(31)22(30)21(29)20(15-27)34-25)12-8-11-16(2)9-7-10-17(3)13-19(28)14-18(4)24(32)33/h6,10-11,14,19-23,25,27-31H,1,7-9,12-13,15H2,2-5H3,(H,32,33)/b16-11+,17-10+,18-14+/t19?,20?,21?,22?,23?,25?,26-/m1/s1. The summed E-state index contributed by atoms with van der Waals surface area (Å²) >= 11 is 0. The van der Waals surface area contributed by atoms with Crippen molar-refractivity contribution in [1.29, 1.82) is 0 Å². The first kappa shape index (κ1) is 31.2. The van der Waals surface area contributed by atoms with Gasteiger partial charge in [-0.15, -0.1) is 6.58 Å². The highest BCUT2D eigenvalue weighted by Gasteiger charge is 2.45. The van der Waals surface area contributed by atoms with Crippen LogP contribution in [0.4, 0.5) is 0 Å². The minimum Gasteiger partial charge on any atom is -0.478 e. The van der Waals surface area contributed by atoms with Crippen molar-refractivity contribution in [2.75, 3.05) is 6.61 Å². The zero-order valence-electron chi connectivity index (χ0n) is 21.1. The van der Waals surface area contributed by atoms with Crippen molar-refractivity contribution in [2.24, 2.45) is 0 Å². The Labute approximate surface area is 207 Å². The van der Waals surface area contributed by atoms with Crippen LogP contribution in [0.25, 0.3) is 0 Å². The van der Waals surface area contributed by atoms with Gasteiger partial charge in [-0.25, -0.2) is 4.79 Å². The van der Waals surface area contributed by atoms with Crippen LogP contribution in [0.2, 0.25) is 0 Å². The second kappa shape index (κ2) is 14.6. The molecule has 9 nitrogen and oxygen atoms in total. The van der Waals surface area contributed by atoms with Gasteiger partial charge in [-0.2, -0.15) is 0 Å². The lowest BCUT2D eigenvalue weighted by Crippen LogP contribution is -2.60. The minimum atomic E-state index is -1.50. The van der Waals surface area contributed by atoms with Crippen LogP contribution in [0, 0.1) is 0 Å². The molecule has 1 aliphatic rings. The number of hydrogen-bond acceptors (Lipinski definition) is 8. The van der Waals surface area contributed by atoms with E-state index >= 15 is 0 Å². The molecule has 7 atom stereocenters. The van der Waals surface area contributed by atoms with Gasteiger partial charge in [-0.05, 0) is 65.9 Å². The molecule has 0 bridgehead atoms. The van der Waals surface area contributed by atoms with Crippen molar-refractivity contribution in [3.05, 3.63) is 47.6 Å². The number of rotatable bonds is 14. The van der Waals surface area contributed by atoms with E-state index in [-0.39, 0.29) is 5.57 Å². The maximum atomic E-state index is 10.8. The molecule has 1 rings (SSSR count). The highest BCUT2D eigenvalue weighted by molar-refractivity contribution is 5.85. The topological polar surface area (TPSA) is 157 Å². The fourth-order valence-corrected chi connectivity index (χ4v) is 3.72. The Morgan fingerprint density at radius 2 is 1.71 bits per heavy atom. The molecule has 0 spiro atoms. The lowest BCUT2D eigenvalue weighted by atomic mass is 9.96. The molecule has 0 aromatic rings. The number of carbonyl (C=O) groups is 1. The monoisotopic (exact) mass is 498 g/mol. The van der Waals surface area contributed by atoms with Gasteiger partial charge >= 0.3 is 5.97 Å². The van der Waals surface area contributed by atoms with E-state index in [2.05, 4.69) is 12.7 Å². The molecular weight excluding hydrogens is 456 g/mol. The smallest absolute Gasteiger partial charge is 0.331 e. The number of aliphatic carboxylic acids is 1. The molecule has 1 saturated heterocycles. The fraction of sp³-hybridized carbons (Fsp3) is 0.654. The van der Waals surface area contributed by atoms with Crippen molar-refractivity contribution in [2.45, 2.75) is 102 Å². The van der Waals surface area contributed by atoms with Gasteiger partial charge in [0.2, 0.25) is 0 Å². The normalized spacial score (nSPS) is 28.9. The van der Waals surface area contributed by atoms with Gasteiger partial charge in [-0.3, -0.25) is 0 Å². The molecule has 1 aliphatic heterocycles. The third kappa shape index (κ3) is 10.3. The van der Waals surface area contributed by atoms with Gasteiger partial charge in [0.05, 0.1) is 18.3 Å². The van der Waals surface area contributed by atoms with Crippen LogP contribution in [-0.2, 0) is 14.3 Å². The lowest BCUT2D eigenvalue weighted by Gasteiger charge is -2.42. The van der Waals surface area contributed by atoms with Crippen LogP contribution in [0.5, 0.6) is 0 Å². The van der Waals surface area contributed by atoms with Gasteiger partial charge in [-0.1, -0.05) is 29.4 Å². The second-order valence-electron chi connectivity index (χ2n) is 9.44. The molecule has 0 saturated carbocycles. The molecule has 0 amide bonds. The van der Waals surface area contributed by atoms with Crippen molar-refractivity contribution >= 4 is 5.97 Å². The van der Waals surface area contributed by atoms with Crippen LogP contribution in [0.15, 0.2) is 47.6 Å². The highest BCUT2D eigenvalue weighted by atomic mass is 16.7. The minimum absolute atomic E-state index is 0.117. The van der Waals surface area contributed by atoms with Crippen molar-refractivity contribution in [3.63, 3.8) is 0 Å². The third-order valence-corrected chi connectivity index (χ3v) is 6.14. The van der Waals surface area contributed by atoms with Crippen LogP contribution < -0.4 is 0 Å². The quantitative estimate of drug-likeness (QED) is 0.156. The predicted octanol–water partition coefficient (Wildman–Crippen LogP) is 1.98. The number of ether oxygens (including phenoxy) is 2. The number of allylic oxidation sites excluding steroid dienone is 3. The Hall–Kier alpha value is -1.85. The molecule has 6 unspecified atom stereocenters. The molecule has 0 radical (unpaired) electrons. The molecule has 6 N–H and O–H groups in total. The van der Waals surface area contributed by atoms with E-state index in [1.165, 1.54) is 13.0 Å². The average Bonchev–Trinajstić information content (AvgIpc) is 2.79. The summed E-state index contributed by atoms with van der Waals surface area (Å²) in [7, 11) is 0. The van der Waals surface area contributed by atoms with Gasteiger partial charge in [0.1, 0.15) is 24.4 Å².